The van der Waals surface area contributed by atoms with Crippen LogP contribution in [0.25, 0.3) is 5.52 Å². The summed E-state index contributed by atoms with van der Waals surface area (Å²) in [6, 6.07) is 1.73. The number of fused-ring (bicyclic) bond motifs is 1. The van der Waals surface area contributed by atoms with Crippen LogP contribution in [0.3, 0.4) is 0 Å². The number of nitrogens with zero attached hydrogens (tertiary/aromatic N) is 3. The molecular weight excluding hydrogens is 142 g/mol. The first-order chi connectivity index (χ1) is 5.38. The highest BCUT2D eigenvalue weighted by atomic mass is 16.1. The first kappa shape index (κ1) is 6.03. The highest BCUT2D eigenvalue weighted by Crippen LogP contribution is 1.92. The number of hydrogen-bond donors (Lipinski definition) is 0. The topological polar surface area (TPSA) is 47.3 Å². The Hall–Kier alpha value is -1.71. The molecule has 0 radical (unpaired) electrons. The smallest absolute Gasteiger partial charge is 0.265 e. The van der Waals surface area contributed by atoms with Gasteiger partial charge in [-0.3, -0.25) is 9.38 Å². The Labute approximate surface area is 62.2 Å². The lowest BCUT2D eigenvalue weighted by atomic mass is 10.5. The predicted molar refractivity (Wildman–Crippen MR) is 39.3 cm³/mol. The highest BCUT2D eigenvalue weighted by Gasteiger charge is 1.91. The van der Waals surface area contributed by atoms with Gasteiger partial charge in [-0.2, -0.15) is 0 Å². The Morgan fingerprint density at radius 1 is 1.36 bits per heavy atom. The lowest BCUT2D eigenvalue weighted by molar-refractivity contribution is 0.976. The molecule has 0 aliphatic heterocycles. The molecule has 4 nitrogen and oxygen atoms in total. The number of hydrogen-bond acceptors (Lipinski definition) is 3. The molecule has 0 aliphatic carbocycles. The summed E-state index contributed by atoms with van der Waals surface area (Å²) < 4.78 is 1.44. The van der Waals surface area contributed by atoms with Gasteiger partial charge in [0.05, 0.1) is 11.7 Å². The summed E-state index contributed by atoms with van der Waals surface area (Å²) in [5.41, 5.74) is 0.484. The fraction of sp³-hybridized carbons (Fsp3) is 0. The van der Waals surface area contributed by atoms with Gasteiger partial charge in [0.1, 0.15) is 0 Å². The van der Waals surface area contributed by atoms with Crippen LogP contribution in [-0.4, -0.2) is 14.4 Å². The van der Waals surface area contributed by atoms with Crippen molar-refractivity contribution in [1.29, 1.82) is 0 Å². The monoisotopic (exact) mass is 147 g/mol. The Kier molecular flexibility index (Phi) is 1.18. The zero-order chi connectivity index (χ0) is 7.68. The van der Waals surface area contributed by atoms with Crippen LogP contribution in [0.2, 0.25) is 0 Å². The average molecular weight is 147 g/mol. The van der Waals surface area contributed by atoms with E-state index in [-0.39, 0.29) is 5.69 Å². The van der Waals surface area contributed by atoms with Gasteiger partial charge in [0, 0.05) is 18.6 Å². The van der Waals surface area contributed by atoms with Gasteiger partial charge in [-0.1, -0.05) is 0 Å². The molecule has 2 aromatic heterocycles. The van der Waals surface area contributed by atoms with E-state index in [0.29, 0.717) is 0 Å². The minimum atomic E-state index is -0.273. The van der Waals surface area contributed by atoms with E-state index in [2.05, 4.69) is 9.97 Å². The minimum absolute atomic E-state index is 0.273. The van der Waals surface area contributed by atoms with Crippen molar-refractivity contribution in [3.63, 3.8) is 0 Å². The van der Waals surface area contributed by atoms with Crippen LogP contribution >= 0.6 is 0 Å². The maximum absolute atomic E-state index is 11.0. The van der Waals surface area contributed by atoms with E-state index in [1.54, 1.807) is 24.7 Å². The quantitative estimate of drug-likeness (QED) is 0.530. The fourth-order valence-electron chi connectivity index (χ4n) is 0.910. The Bertz CT molecular complexity index is 429. The first-order valence-electron chi connectivity index (χ1n) is 3.15. The molecule has 0 fully saturated rings. The molecule has 4 heteroatoms. The van der Waals surface area contributed by atoms with Crippen molar-refractivity contribution < 1.29 is 0 Å². The van der Waals surface area contributed by atoms with Crippen LogP contribution < -0.4 is 5.69 Å². The van der Waals surface area contributed by atoms with Gasteiger partial charge >= 0.3 is 5.69 Å². The second-order valence-corrected chi connectivity index (χ2v) is 2.10. The van der Waals surface area contributed by atoms with Crippen LogP contribution in [0.5, 0.6) is 0 Å². The van der Waals surface area contributed by atoms with Crippen molar-refractivity contribution in [2.24, 2.45) is 0 Å². The molecule has 0 N–H and O–H groups in total. The highest BCUT2D eigenvalue weighted by molar-refractivity contribution is 5.41. The summed E-state index contributed by atoms with van der Waals surface area (Å²) in [6.45, 7) is 0. The maximum atomic E-state index is 11.0. The van der Waals surface area contributed by atoms with E-state index in [1.165, 1.54) is 10.6 Å². The van der Waals surface area contributed by atoms with E-state index in [0.717, 1.165) is 5.52 Å². The van der Waals surface area contributed by atoms with E-state index >= 15 is 0 Å². The van der Waals surface area contributed by atoms with Gasteiger partial charge in [-0.25, -0.2) is 9.78 Å². The van der Waals surface area contributed by atoms with Crippen LogP contribution in [0, 0.1) is 0 Å². The molecule has 0 atom stereocenters. The summed E-state index contributed by atoms with van der Waals surface area (Å²) in [5, 5.41) is 0. The van der Waals surface area contributed by atoms with E-state index < -0.39 is 0 Å². The molecule has 54 valence electrons. The molecule has 0 unspecified atom stereocenters. The molecule has 0 bridgehead atoms. The average Bonchev–Trinajstić information content (AvgIpc) is 2.06. The molecule has 0 aliphatic rings. The zero-order valence-corrected chi connectivity index (χ0v) is 5.64. The summed E-state index contributed by atoms with van der Waals surface area (Å²) in [7, 11) is 0. The molecular formula is C7H5N3O. The second kappa shape index (κ2) is 2.16. The molecule has 0 amide bonds. The van der Waals surface area contributed by atoms with Crippen LogP contribution in [0.4, 0.5) is 0 Å². The molecule has 0 spiro atoms. The third-order valence-electron chi connectivity index (χ3n) is 1.42. The number of aromatic nitrogens is 3. The molecule has 2 rings (SSSR count). The lowest BCUT2D eigenvalue weighted by Gasteiger charge is -1.94. The molecule has 2 aromatic rings. The van der Waals surface area contributed by atoms with Crippen molar-refractivity contribution in [1.82, 2.24) is 14.4 Å². The third-order valence-corrected chi connectivity index (χ3v) is 1.42. The van der Waals surface area contributed by atoms with E-state index in [9.17, 15) is 4.79 Å². The molecule has 0 aromatic carbocycles. The third kappa shape index (κ3) is 0.881. The standard InChI is InChI=1S/C7H5N3O/c11-7-9-2-1-6-5-8-3-4-10(6)7/h1-5H. The van der Waals surface area contributed by atoms with Crippen LogP contribution in [0.15, 0.2) is 35.6 Å². The SMILES string of the molecule is O=c1nccc2cnccn12. The van der Waals surface area contributed by atoms with Gasteiger partial charge in [0.25, 0.3) is 0 Å². The lowest BCUT2D eigenvalue weighted by Crippen LogP contribution is -2.15. The van der Waals surface area contributed by atoms with Gasteiger partial charge in [-0.05, 0) is 6.07 Å². The van der Waals surface area contributed by atoms with Gasteiger partial charge in [-0.15, -0.1) is 0 Å². The second-order valence-electron chi connectivity index (χ2n) is 2.10. The van der Waals surface area contributed by atoms with Gasteiger partial charge < -0.3 is 0 Å². The maximum Gasteiger partial charge on any atom is 0.352 e. The minimum Gasteiger partial charge on any atom is -0.265 e. The molecule has 11 heavy (non-hydrogen) atoms. The van der Waals surface area contributed by atoms with Crippen molar-refractivity contribution in [2.75, 3.05) is 0 Å². The largest absolute Gasteiger partial charge is 0.352 e. The Morgan fingerprint density at radius 3 is 3.09 bits per heavy atom. The predicted octanol–water partition coefficient (Wildman–Crippen LogP) is 0.0895. The van der Waals surface area contributed by atoms with Gasteiger partial charge in [0.2, 0.25) is 0 Å². The van der Waals surface area contributed by atoms with Crippen LogP contribution in [0.1, 0.15) is 0 Å². The summed E-state index contributed by atoms with van der Waals surface area (Å²) in [4.78, 5) is 18.5. The van der Waals surface area contributed by atoms with Gasteiger partial charge in [0.15, 0.2) is 0 Å². The Morgan fingerprint density at radius 2 is 2.27 bits per heavy atom. The zero-order valence-electron chi connectivity index (χ0n) is 5.64. The fourth-order valence-corrected chi connectivity index (χ4v) is 0.910. The summed E-state index contributed by atoms with van der Waals surface area (Å²) in [6.07, 6.45) is 6.23. The van der Waals surface area contributed by atoms with Crippen molar-refractivity contribution in [3.8, 4) is 0 Å². The van der Waals surface area contributed by atoms with Crippen molar-refractivity contribution in [2.45, 2.75) is 0 Å². The molecule has 0 saturated carbocycles. The van der Waals surface area contributed by atoms with E-state index in [4.69, 9.17) is 0 Å². The van der Waals surface area contributed by atoms with Crippen molar-refractivity contribution in [3.05, 3.63) is 41.3 Å². The summed E-state index contributed by atoms with van der Waals surface area (Å²) >= 11 is 0. The van der Waals surface area contributed by atoms with Crippen LogP contribution in [-0.2, 0) is 0 Å². The Balaban J connectivity index is 3.03. The van der Waals surface area contributed by atoms with Crippen molar-refractivity contribution >= 4 is 5.52 Å². The first-order valence-corrected chi connectivity index (χ1v) is 3.15. The molecule has 2 heterocycles. The normalized spacial score (nSPS) is 10.2. The summed E-state index contributed by atoms with van der Waals surface area (Å²) in [5.74, 6) is 0. The molecule has 0 saturated heterocycles. The van der Waals surface area contributed by atoms with E-state index in [1.807, 2.05) is 0 Å². The number of rotatable bonds is 0.